The van der Waals surface area contributed by atoms with E-state index in [9.17, 15) is 23.1 Å². The zero-order valence-corrected chi connectivity index (χ0v) is 15.0. The minimum absolute atomic E-state index is 0.00117. The van der Waals surface area contributed by atoms with Gasteiger partial charge in [-0.1, -0.05) is 58.4 Å². The van der Waals surface area contributed by atoms with Crippen molar-refractivity contribution in [3.05, 3.63) is 70.2 Å². The molecule has 1 aliphatic rings. The van der Waals surface area contributed by atoms with E-state index < -0.39 is 24.2 Å². The fourth-order valence-electron chi connectivity index (χ4n) is 2.68. The molecule has 0 fully saturated rings. The van der Waals surface area contributed by atoms with Crippen molar-refractivity contribution in [1.82, 2.24) is 5.01 Å². The number of benzene rings is 2. The molecule has 0 saturated heterocycles. The molecule has 0 spiro atoms. The molecule has 4 nitrogen and oxygen atoms in total. The molecule has 0 radical (unpaired) electrons. The van der Waals surface area contributed by atoms with Crippen LogP contribution in [0.2, 0.25) is 0 Å². The van der Waals surface area contributed by atoms with E-state index >= 15 is 0 Å². The molecule has 0 unspecified atom stereocenters. The first-order valence-corrected chi connectivity index (χ1v) is 8.49. The summed E-state index contributed by atoms with van der Waals surface area (Å²) in [4.78, 5) is 12.5. The van der Waals surface area contributed by atoms with Gasteiger partial charge in [-0.15, -0.1) is 0 Å². The molecule has 136 valence electrons. The van der Waals surface area contributed by atoms with E-state index in [1.807, 2.05) is 0 Å². The Morgan fingerprint density at radius 3 is 2.35 bits per heavy atom. The normalized spacial score (nSPS) is 20.2. The van der Waals surface area contributed by atoms with Crippen LogP contribution in [0.5, 0.6) is 0 Å². The van der Waals surface area contributed by atoms with Gasteiger partial charge in [0.25, 0.3) is 5.72 Å². The van der Waals surface area contributed by atoms with Crippen molar-refractivity contribution >= 4 is 27.5 Å². The third-order valence-electron chi connectivity index (χ3n) is 4.05. The smallest absolute Gasteiger partial charge is 0.362 e. The number of carbonyl (C=O) groups is 1. The quantitative estimate of drug-likeness (QED) is 0.809. The summed E-state index contributed by atoms with van der Waals surface area (Å²) in [6.45, 7) is 0. The molecule has 2 aromatic carbocycles. The lowest BCUT2D eigenvalue weighted by Crippen LogP contribution is -2.57. The van der Waals surface area contributed by atoms with Gasteiger partial charge in [-0.25, -0.2) is 0 Å². The molecule has 0 aromatic heterocycles. The van der Waals surface area contributed by atoms with E-state index in [1.165, 1.54) is 0 Å². The Kier molecular flexibility index (Phi) is 4.90. The van der Waals surface area contributed by atoms with Gasteiger partial charge in [-0.3, -0.25) is 4.79 Å². The lowest BCUT2D eigenvalue weighted by Gasteiger charge is -2.32. The molecule has 1 atom stereocenters. The van der Waals surface area contributed by atoms with Crippen molar-refractivity contribution < 1.29 is 23.1 Å². The van der Waals surface area contributed by atoms with E-state index in [0.29, 0.717) is 11.1 Å². The zero-order chi connectivity index (χ0) is 18.9. The molecule has 1 amide bonds. The summed E-state index contributed by atoms with van der Waals surface area (Å²) < 4.78 is 41.3. The van der Waals surface area contributed by atoms with E-state index in [2.05, 4.69) is 21.0 Å². The van der Waals surface area contributed by atoms with E-state index in [4.69, 9.17) is 0 Å². The van der Waals surface area contributed by atoms with Gasteiger partial charge < -0.3 is 5.11 Å². The van der Waals surface area contributed by atoms with Crippen molar-refractivity contribution in [3.8, 4) is 0 Å². The summed E-state index contributed by atoms with van der Waals surface area (Å²) in [5, 5.41) is 14.3. The van der Waals surface area contributed by atoms with Gasteiger partial charge in [-0.05, 0) is 23.3 Å². The lowest BCUT2D eigenvalue weighted by molar-refractivity contribution is -0.302. The van der Waals surface area contributed by atoms with Crippen molar-refractivity contribution in [2.24, 2.45) is 5.10 Å². The fraction of sp³-hybridized carbons (Fsp3) is 0.222. The monoisotopic (exact) mass is 426 g/mol. The van der Waals surface area contributed by atoms with Gasteiger partial charge in [0.05, 0.1) is 18.6 Å². The highest BCUT2D eigenvalue weighted by Gasteiger charge is 2.63. The largest absolute Gasteiger partial charge is 0.438 e. The summed E-state index contributed by atoms with van der Waals surface area (Å²) in [6.07, 6.45) is -6.16. The van der Waals surface area contributed by atoms with Crippen molar-refractivity contribution in [2.75, 3.05) is 0 Å². The number of nitrogens with zero attached hydrogens (tertiary/aromatic N) is 2. The first kappa shape index (κ1) is 18.6. The minimum Gasteiger partial charge on any atom is -0.362 e. The van der Waals surface area contributed by atoms with Crippen molar-refractivity contribution in [1.29, 1.82) is 0 Å². The molecule has 0 aliphatic carbocycles. The van der Waals surface area contributed by atoms with Gasteiger partial charge in [0.15, 0.2) is 0 Å². The van der Waals surface area contributed by atoms with Crippen LogP contribution in [0.3, 0.4) is 0 Å². The zero-order valence-electron chi connectivity index (χ0n) is 13.4. The Morgan fingerprint density at radius 2 is 1.77 bits per heavy atom. The lowest BCUT2D eigenvalue weighted by atomic mass is 10.0. The Morgan fingerprint density at radius 1 is 1.15 bits per heavy atom. The molecule has 3 rings (SSSR count). The Hall–Kier alpha value is -2.19. The molecule has 0 saturated carbocycles. The van der Waals surface area contributed by atoms with Crippen LogP contribution in [0, 0.1) is 0 Å². The second-order valence-electron chi connectivity index (χ2n) is 5.91. The number of aliphatic hydroxyl groups is 1. The summed E-state index contributed by atoms with van der Waals surface area (Å²) in [7, 11) is 0. The summed E-state index contributed by atoms with van der Waals surface area (Å²) >= 11 is 3.25. The maximum atomic E-state index is 13.5. The van der Waals surface area contributed by atoms with Gasteiger partial charge in [0, 0.05) is 4.47 Å². The van der Waals surface area contributed by atoms with Crippen LogP contribution < -0.4 is 0 Å². The second kappa shape index (κ2) is 6.85. The average Bonchev–Trinajstić information content (AvgIpc) is 2.95. The molecular formula is C18H14BrF3N2O2. The molecule has 2 aromatic rings. The fourth-order valence-corrected chi connectivity index (χ4v) is 2.94. The van der Waals surface area contributed by atoms with Gasteiger partial charge in [0.2, 0.25) is 5.91 Å². The van der Waals surface area contributed by atoms with Crippen LogP contribution in [0.15, 0.2) is 64.2 Å². The third kappa shape index (κ3) is 3.52. The third-order valence-corrected chi connectivity index (χ3v) is 4.58. The Bertz CT molecular complexity index is 838. The Labute approximate surface area is 156 Å². The van der Waals surface area contributed by atoms with E-state index in [0.717, 1.165) is 4.47 Å². The van der Waals surface area contributed by atoms with E-state index in [-0.39, 0.29) is 17.1 Å². The molecule has 8 heteroatoms. The number of halogens is 4. The topological polar surface area (TPSA) is 52.9 Å². The van der Waals surface area contributed by atoms with Crippen LogP contribution in [0.1, 0.15) is 17.5 Å². The van der Waals surface area contributed by atoms with Crippen LogP contribution in [-0.4, -0.2) is 33.6 Å². The van der Waals surface area contributed by atoms with Gasteiger partial charge in [0.1, 0.15) is 0 Å². The molecule has 1 N–H and O–H groups in total. The van der Waals surface area contributed by atoms with Crippen LogP contribution in [-0.2, 0) is 11.2 Å². The summed E-state index contributed by atoms with van der Waals surface area (Å²) in [5.74, 6) is -0.928. The molecule has 1 heterocycles. The molecular weight excluding hydrogens is 413 g/mol. The van der Waals surface area contributed by atoms with Gasteiger partial charge >= 0.3 is 6.18 Å². The predicted molar refractivity (Wildman–Crippen MR) is 93.3 cm³/mol. The van der Waals surface area contributed by atoms with E-state index in [1.54, 1.807) is 54.6 Å². The maximum Gasteiger partial charge on any atom is 0.438 e. The van der Waals surface area contributed by atoms with Crippen molar-refractivity contribution in [2.45, 2.75) is 24.7 Å². The Balaban J connectivity index is 1.94. The van der Waals surface area contributed by atoms with Crippen LogP contribution in [0.4, 0.5) is 13.2 Å². The standard InChI is InChI=1S/C18H14BrF3N2O2/c19-14-8-6-13(7-9-14)15-11-17(26,18(20,21)22)24(23-15)16(25)10-12-4-2-1-3-5-12/h1-9,26H,10-11H2/t17-/m0/s1. The highest BCUT2D eigenvalue weighted by atomic mass is 79.9. The number of hydrazone groups is 1. The summed E-state index contributed by atoms with van der Waals surface area (Å²) in [5.41, 5.74) is -2.42. The highest BCUT2D eigenvalue weighted by molar-refractivity contribution is 9.10. The number of hydrogen-bond donors (Lipinski definition) is 1. The first-order valence-electron chi connectivity index (χ1n) is 7.70. The number of amides is 1. The van der Waals surface area contributed by atoms with Crippen LogP contribution in [0.25, 0.3) is 0 Å². The van der Waals surface area contributed by atoms with Gasteiger partial charge in [-0.2, -0.15) is 23.3 Å². The minimum atomic E-state index is -5.04. The number of carbonyl (C=O) groups excluding carboxylic acids is 1. The van der Waals surface area contributed by atoms with Crippen molar-refractivity contribution in [3.63, 3.8) is 0 Å². The molecule has 1 aliphatic heterocycles. The number of alkyl halides is 3. The predicted octanol–water partition coefficient (Wildman–Crippen LogP) is 3.88. The highest BCUT2D eigenvalue weighted by Crippen LogP contribution is 2.41. The number of rotatable bonds is 3. The number of hydrogen-bond acceptors (Lipinski definition) is 3. The second-order valence-corrected chi connectivity index (χ2v) is 6.83. The molecule has 0 bridgehead atoms. The first-order chi connectivity index (χ1) is 12.2. The summed E-state index contributed by atoms with van der Waals surface area (Å²) in [6, 6.07) is 14.8. The SMILES string of the molecule is O=C(Cc1ccccc1)N1N=C(c2ccc(Br)cc2)C[C@]1(O)C(F)(F)F. The molecule has 26 heavy (non-hydrogen) atoms. The maximum absolute atomic E-state index is 13.5. The van der Waals surface area contributed by atoms with Crippen LogP contribution >= 0.6 is 15.9 Å². The average molecular weight is 427 g/mol.